The third-order valence-electron chi connectivity index (χ3n) is 3.76. The molecule has 0 spiro atoms. The predicted octanol–water partition coefficient (Wildman–Crippen LogP) is 2.92. The van der Waals surface area contributed by atoms with Gasteiger partial charge in [-0.25, -0.2) is 9.18 Å². The number of piperidine rings is 1. The minimum atomic E-state index is -4.79. The Labute approximate surface area is 137 Å². The molecule has 1 saturated heterocycles. The third kappa shape index (κ3) is 4.85. The number of amides is 2. The molecule has 0 aromatic rings. The van der Waals surface area contributed by atoms with E-state index in [0.717, 1.165) is 6.42 Å². The first-order valence-corrected chi connectivity index (χ1v) is 7.60. The average Bonchev–Trinajstić information content (AvgIpc) is 3.02. The lowest BCUT2D eigenvalue weighted by Crippen LogP contribution is -2.49. The molecule has 0 bridgehead atoms. The molecular weight excluding hydrogens is 332 g/mol. The first-order chi connectivity index (χ1) is 10.9. The Bertz CT molecular complexity index is 554. The number of allylic oxidation sites excluding steroid dienone is 1. The summed E-state index contributed by atoms with van der Waals surface area (Å²) in [4.78, 5) is 25.7. The van der Waals surface area contributed by atoms with Crippen molar-refractivity contribution in [3.63, 3.8) is 0 Å². The number of rotatable bonds is 3. The number of hydrogen-bond acceptors (Lipinski definition) is 3. The van der Waals surface area contributed by atoms with Crippen LogP contribution < -0.4 is 5.32 Å². The summed E-state index contributed by atoms with van der Waals surface area (Å²) in [5.41, 5.74) is -0.730. The minimum Gasteiger partial charge on any atom is -0.444 e. The number of hydrogen-bond donors (Lipinski definition) is 1. The van der Waals surface area contributed by atoms with Gasteiger partial charge in [0.1, 0.15) is 17.5 Å². The molecule has 0 radical (unpaired) electrons. The van der Waals surface area contributed by atoms with E-state index >= 15 is 0 Å². The molecule has 3 atom stereocenters. The molecule has 1 heterocycles. The number of alkyl halides is 3. The van der Waals surface area contributed by atoms with Crippen molar-refractivity contribution in [3.05, 3.63) is 11.9 Å². The highest BCUT2D eigenvalue weighted by molar-refractivity contribution is 5.87. The number of nitrogens with one attached hydrogen (secondary N) is 1. The zero-order valence-corrected chi connectivity index (χ0v) is 13.6. The standard InChI is InChI=1S/C15H20F4N2O3/c1-14(2,3)24-13(23)21-10-4-8(10)5-11(21)12(22)20-7-9(16)6-15(17,18)19/h6,8,10-11H,4-5,7H2,1-3H3,(H,20,22)/b9-6-/t8-,10-,11+/m1/s1. The maximum atomic E-state index is 13.1. The van der Waals surface area contributed by atoms with Crippen molar-refractivity contribution >= 4 is 12.0 Å². The Kier molecular flexibility index (Phi) is 4.83. The van der Waals surface area contributed by atoms with Crippen molar-refractivity contribution in [2.45, 2.75) is 57.5 Å². The third-order valence-corrected chi connectivity index (χ3v) is 3.76. The lowest BCUT2D eigenvalue weighted by Gasteiger charge is -2.29. The summed E-state index contributed by atoms with van der Waals surface area (Å²) in [6.45, 7) is 4.21. The van der Waals surface area contributed by atoms with E-state index in [2.05, 4.69) is 5.32 Å². The fourth-order valence-electron chi connectivity index (χ4n) is 2.79. The summed E-state index contributed by atoms with van der Waals surface area (Å²) >= 11 is 0. The molecule has 1 aliphatic carbocycles. The number of carbonyl (C=O) groups excluding carboxylic acids is 2. The molecule has 2 aliphatic rings. The van der Waals surface area contributed by atoms with E-state index in [1.165, 1.54) is 4.90 Å². The molecule has 2 fully saturated rings. The number of fused-ring (bicyclic) bond motifs is 1. The van der Waals surface area contributed by atoms with Gasteiger partial charge in [0.25, 0.3) is 0 Å². The van der Waals surface area contributed by atoms with Crippen LogP contribution in [-0.4, -0.2) is 47.3 Å². The second-order valence-corrected chi connectivity index (χ2v) is 7.05. The quantitative estimate of drug-likeness (QED) is 0.795. The molecule has 0 unspecified atom stereocenters. The summed E-state index contributed by atoms with van der Waals surface area (Å²) in [5, 5.41) is 2.10. The van der Waals surface area contributed by atoms with Crippen LogP contribution in [0.5, 0.6) is 0 Å². The number of ether oxygens (including phenoxy) is 1. The van der Waals surface area contributed by atoms with Gasteiger partial charge in [-0.1, -0.05) is 0 Å². The van der Waals surface area contributed by atoms with Gasteiger partial charge in [-0.05, 0) is 39.5 Å². The van der Waals surface area contributed by atoms with Crippen LogP contribution in [-0.2, 0) is 9.53 Å². The second-order valence-electron chi connectivity index (χ2n) is 7.05. The fraction of sp³-hybridized carbons (Fsp3) is 0.733. The molecule has 1 N–H and O–H groups in total. The van der Waals surface area contributed by atoms with Crippen LogP contribution in [0.2, 0.25) is 0 Å². The highest BCUT2D eigenvalue weighted by atomic mass is 19.4. The summed E-state index contributed by atoms with van der Waals surface area (Å²) in [6.07, 6.45) is -4.76. The van der Waals surface area contributed by atoms with E-state index in [0.29, 0.717) is 6.42 Å². The lowest BCUT2D eigenvalue weighted by atomic mass is 10.1. The van der Waals surface area contributed by atoms with Crippen molar-refractivity contribution in [1.82, 2.24) is 10.2 Å². The van der Waals surface area contributed by atoms with Crippen molar-refractivity contribution in [2.75, 3.05) is 6.54 Å². The van der Waals surface area contributed by atoms with E-state index in [1.54, 1.807) is 20.8 Å². The van der Waals surface area contributed by atoms with Crippen molar-refractivity contribution < 1.29 is 31.9 Å². The Hall–Kier alpha value is -1.80. The van der Waals surface area contributed by atoms with Gasteiger partial charge in [0, 0.05) is 6.04 Å². The topological polar surface area (TPSA) is 58.6 Å². The molecule has 1 saturated carbocycles. The van der Waals surface area contributed by atoms with Crippen LogP contribution in [0.25, 0.3) is 0 Å². The predicted molar refractivity (Wildman–Crippen MR) is 76.6 cm³/mol. The minimum absolute atomic E-state index is 0.0915. The Morgan fingerprint density at radius 2 is 1.88 bits per heavy atom. The molecule has 136 valence electrons. The van der Waals surface area contributed by atoms with Crippen LogP contribution in [0, 0.1) is 5.92 Å². The SMILES string of the molecule is CC(C)(C)OC(=O)N1[C@@H]2C[C@@H]2C[C@H]1C(=O)NC/C(F)=C/C(F)(F)F. The molecule has 1 aliphatic heterocycles. The zero-order chi connectivity index (χ0) is 18.3. The first-order valence-electron chi connectivity index (χ1n) is 7.60. The van der Waals surface area contributed by atoms with E-state index in [4.69, 9.17) is 4.74 Å². The van der Waals surface area contributed by atoms with Gasteiger partial charge in [0.2, 0.25) is 5.91 Å². The molecule has 24 heavy (non-hydrogen) atoms. The molecule has 9 heteroatoms. The van der Waals surface area contributed by atoms with Gasteiger partial charge < -0.3 is 10.1 Å². The van der Waals surface area contributed by atoms with Gasteiger partial charge >= 0.3 is 12.3 Å². The van der Waals surface area contributed by atoms with Crippen LogP contribution in [0.1, 0.15) is 33.6 Å². The largest absolute Gasteiger partial charge is 0.444 e. The molecule has 0 aromatic carbocycles. The Morgan fingerprint density at radius 3 is 2.42 bits per heavy atom. The summed E-state index contributed by atoms with van der Waals surface area (Å²) in [7, 11) is 0. The van der Waals surface area contributed by atoms with Gasteiger partial charge in [-0.2, -0.15) is 13.2 Å². The van der Waals surface area contributed by atoms with Gasteiger partial charge in [0.15, 0.2) is 0 Å². The van der Waals surface area contributed by atoms with E-state index in [9.17, 15) is 27.2 Å². The number of halogens is 4. The zero-order valence-electron chi connectivity index (χ0n) is 13.6. The fourth-order valence-corrected chi connectivity index (χ4v) is 2.79. The van der Waals surface area contributed by atoms with Crippen molar-refractivity contribution in [1.29, 1.82) is 0 Å². The summed E-state index contributed by atoms with van der Waals surface area (Å²) in [5.74, 6) is -1.99. The van der Waals surface area contributed by atoms with Crippen LogP contribution in [0.3, 0.4) is 0 Å². The Morgan fingerprint density at radius 1 is 1.25 bits per heavy atom. The molecule has 0 aromatic heterocycles. The Balaban J connectivity index is 1.96. The van der Waals surface area contributed by atoms with Crippen LogP contribution in [0.4, 0.5) is 22.4 Å². The number of carbonyl (C=O) groups is 2. The maximum absolute atomic E-state index is 13.1. The second kappa shape index (κ2) is 6.25. The molecular formula is C15H20F4N2O3. The van der Waals surface area contributed by atoms with Gasteiger partial charge in [-0.3, -0.25) is 9.69 Å². The molecule has 2 amide bonds. The molecule has 2 rings (SSSR count). The number of likely N-dealkylation sites (tertiary alicyclic amines) is 1. The lowest BCUT2D eigenvalue weighted by molar-refractivity contribution is -0.126. The van der Waals surface area contributed by atoms with Crippen molar-refractivity contribution in [3.8, 4) is 0 Å². The highest BCUT2D eigenvalue weighted by Crippen LogP contribution is 2.48. The monoisotopic (exact) mass is 352 g/mol. The van der Waals surface area contributed by atoms with E-state index in [1.807, 2.05) is 0 Å². The number of nitrogens with zero attached hydrogens (tertiary/aromatic N) is 1. The van der Waals surface area contributed by atoms with E-state index < -0.39 is 48.3 Å². The van der Waals surface area contributed by atoms with E-state index in [-0.39, 0.29) is 12.0 Å². The summed E-state index contributed by atoms with van der Waals surface area (Å²) < 4.78 is 54.4. The average molecular weight is 352 g/mol. The van der Waals surface area contributed by atoms with Crippen molar-refractivity contribution in [2.24, 2.45) is 5.92 Å². The van der Waals surface area contributed by atoms with Gasteiger partial charge in [0.05, 0.1) is 12.6 Å². The smallest absolute Gasteiger partial charge is 0.412 e. The molecule has 5 nitrogen and oxygen atoms in total. The summed E-state index contributed by atoms with van der Waals surface area (Å²) in [6, 6.07) is -0.937. The normalized spacial score (nSPS) is 26.9. The first kappa shape index (κ1) is 18.5. The van der Waals surface area contributed by atoms with Crippen LogP contribution >= 0.6 is 0 Å². The maximum Gasteiger partial charge on any atom is 0.412 e. The highest BCUT2D eigenvalue weighted by Gasteiger charge is 2.57. The van der Waals surface area contributed by atoms with Crippen LogP contribution in [0.15, 0.2) is 11.9 Å². The van der Waals surface area contributed by atoms with Gasteiger partial charge in [-0.15, -0.1) is 0 Å².